The molecule has 1 aromatic heterocycles. The van der Waals surface area contributed by atoms with Gasteiger partial charge in [0.15, 0.2) is 11.6 Å². The van der Waals surface area contributed by atoms with Gasteiger partial charge < -0.3 is 15.7 Å². The lowest BCUT2D eigenvalue weighted by Gasteiger charge is -2.07. The van der Waals surface area contributed by atoms with Crippen molar-refractivity contribution in [2.24, 2.45) is 0 Å². The summed E-state index contributed by atoms with van der Waals surface area (Å²) in [5.74, 6) is -0.924. The van der Waals surface area contributed by atoms with Gasteiger partial charge in [-0.05, 0) is 30.3 Å². The van der Waals surface area contributed by atoms with Crippen molar-refractivity contribution in [2.75, 3.05) is 11.9 Å². The third-order valence-corrected chi connectivity index (χ3v) is 3.03. The van der Waals surface area contributed by atoms with Gasteiger partial charge in [-0.3, -0.25) is 9.59 Å². The molecule has 0 saturated carbocycles. The fraction of sp³-hybridized carbons (Fsp3) is 0.0714. The summed E-state index contributed by atoms with van der Waals surface area (Å²) >= 11 is 3.27. The van der Waals surface area contributed by atoms with Crippen LogP contribution < -0.4 is 10.6 Å². The van der Waals surface area contributed by atoms with E-state index in [1.54, 1.807) is 30.3 Å². The van der Waals surface area contributed by atoms with E-state index < -0.39 is 5.91 Å². The number of rotatable bonds is 4. The molecule has 108 valence electrons. The third kappa shape index (κ3) is 4.28. The van der Waals surface area contributed by atoms with Crippen LogP contribution >= 0.6 is 15.9 Å². The number of nitrogens with zero attached hydrogens (tertiary/aromatic N) is 1. The minimum atomic E-state index is -0.479. The average Bonchev–Trinajstić information content (AvgIpc) is 2.47. The van der Waals surface area contributed by atoms with E-state index in [0.717, 1.165) is 4.47 Å². The van der Waals surface area contributed by atoms with Crippen molar-refractivity contribution >= 4 is 33.6 Å². The lowest BCUT2D eigenvalue weighted by Crippen LogP contribution is -2.33. The average molecular weight is 350 g/mol. The first kappa shape index (κ1) is 15.0. The first-order valence-corrected chi connectivity index (χ1v) is 6.83. The van der Waals surface area contributed by atoms with Crippen LogP contribution in [0.2, 0.25) is 0 Å². The molecule has 1 aromatic carbocycles. The number of amides is 2. The van der Waals surface area contributed by atoms with E-state index in [1.165, 1.54) is 12.3 Å². The zero-order valence-corrected chi connectivity index (χ0v) is 12.4. The molecule has 0 atom stereocenters. The van der Waals surface area contributed by atoms with Crippen LogP contribution in [-0.2, 0) is 4.79 Å². The van der Waals surface area contributed by atoms with Crippen LogP contribution in [0.1, 0.15) is 10.4 Å². The highest BCUT2D eigenvalue weighted by molar-refractivity contribution is 9.10. The number of anilines is 1. The van der Waals surface area contributed by atoms with Gasteiger partial charge in [-0.1, -0.05) is 22.0 Å². The number of carbonyl (C=O) groups excluding carboxylic acids is 2. The number of benzene rings is 1. The lowest BCUT2D eigenvalue weighted by molar-refractivity contribution is -0.115. The topological polar surface area (TPSA) is 91.3 Å². The zero-order valence-electron chi connectivity index (χ0n) is 10.8. The lowest BCUT2D eigenvalue weighted by atomic mass is 10.2. The largest absolute Gasteiger partial charge is 0.504 e. The molecule has 0 bridgehead atoms. The monoisotopic (exact) mass is 349 g/mol. The Morgan fingerprint density at radius 3 is 2.76 bits per heavy atom. The standard InChI is InChI=1S/C14H12BrN3O3/c15-10-4-1-3-9(7-10)14(21)17-8-12(20)18-13-11(19)5-2-6-16-13/h1-7,19H,8H2,(H,17,21)(H,16,18,20). The van der Waals surface area contributed by atoms with Gasteiger partial charge >= 0.3 is 0 Å². The summed E-state index contributed by atoms with van der Waals surface area (Å²) in [4.78, 5) is 27.3. The molecule has 0 saturated heterocycles. The van der Waals surface area contributed by atoms with Gasteiger partial charge in [-0.25, -0.2) is 4.98 Å². The molecule has 2 amide bonds. The summed E-state index contributed by atoms with van der Waals surface area (Å²) in [5, 5.41) is 14.4. The van der Waals surface area contributed by atoms with Gasteiger partial charge in [0.25, 0.3) is 5.91 Å². The molecule has 0 aliphatic carbocycles. The van der Waals surface area contributed by atoms with Gasteiger partial charge in [0.05, 0.1) is 6.54 Å². The Morgan fingerprint density at radius 1 is 1.24 bits per heavy atom. The van der Waals surface area contributed by atoms with Crippen molar-refractivity contribution in [1.29, 1.82) is 0 Å². The van der Waals surface area contributed by atoms with E-state index in [0.29, 0.717) is 5.56 Å². The van der Waals surface area contributed by atoms with E-state index in [2.05, 4.69) is 31.5 Å². The predicted molar refractivity (Wildman–Crippen MR) is 81.0 cm³/mol. The van der Waals surface area contributed by atoms with Crippen molar-refractivity contribution in [1.82, 2.24) is 10.3 Å². The maximum Gasteiger partial charge on any atom is 0.251 e. The summed E-state index contributed by atoms with van der Waals surface area (Å²) in [6, 6.07) is 9.77. The quantitative estimate of drug-likeness (QED) is 0.786. The summed E-state index contributed by atoms with van der Waals surface area (Å²) in [5.41, 5.74) is 0.442. The number of hydrogen-bond donors (Lipinski definition) is 3. The van der Waals surface area contributed by atoms with Gasteiger partial charge in [-0.15, -0.1) is 0 Å². The van der Waals surface area contributed by atoms with Gasteiger partial charge in [0, 0.05) is 16.2 Å². The van der Waals surface area contributed by atoms with Crippen LogP contribution in [-0.4, -0.2) is 28.4 Å². The molecule has 3 N–H and O–H groups in total. The molecule has 2 aromatic rings. The van der Waals surface area contributed by atoms with Crippen molar-refractivity contribution in [3.8, 4) is 5.75 Å². The zero-order chi connectivity index (χ0) is 15.2. The Kier molecular flexibility index (Phi) is 4.89. The number of aromatic hydroxyl groups is 1. The molecule has 0 spiro atoms. The molecule has 0 unspecified atom stereocenters. The van der Waals surface area contributed by atoms with E-state index in [-0.39, 0.29) is 24.0 Å². The van der Waals surface area contributed by atoms with Crippen LogP contribution in [0.5, 0.6) is 5.75 Å². The minimum Gasteiger partial charge on any atom is -0.504 e. The molecule has 21 heavy (non-hydrogen) atoms. The highest BCUT2D eigenvalue weighted by atomic mass is 79.9. The van der Waals surface area contributed by atoms with Crippen LogP contribution in [0.4, 0.5) is 5.82 Å². The molecular formula is C14H12BrN3O3. The normalized spacial score (nSPS) is 9.95. The van der Waals surface area contributed by atoms with Crippen LogP contribution in [0.15, 0.2) is 47.1 Å². The Bertz CT molecular complexity index is 676. The second kappa shape index (κ2) is 6.85. The number of nitrogens with one attached hydrogen (secondary N) is 2. The predicted octanol–water partition coefficient (Wildman–Crippen LogP) is 1.92. The smallest absolute Gasteiger partial charge is 0.251 e. The second-order valence-corrected chi connectivity index (χ2v) is 5.03. The Labute approximate surface area is 129 Å². The van der Waals surface area contributed by atoms with Gasteiger partial charge in [-0.2, -0.15) is 0 Å². The van der Waals surface area contributed by atoms with Crippen LogP contribution in [0.3, 0.4) is 0 Å². The highest BCUT2D eigenvalue weighted by Gasteiger charge is 2.10. The first-order chi connectivity index (χ1) is 10.1. The number of carbonyl (C=O) groups is 2. The van der Waals surface area contributed by atoms with Crippen molar-refractivity contribution in [3.05, 3.63) is 52.6 Å². The molecule has 0 aliphatic rings. The number of halogens is 1. The third-order valence-electron chi connectivity index (χ3n) is 2.54. The molecule has 6 nitrogen and oxygen atoms in total. The fourth-order valence-electron chi connectivity index (χ4n) is 1.56. The summed E-state index contributed by atoms with van der Waals surface area (Å²) in [7, 11) is 0. The Morgan fingerprint density at radius 2 is 2.05 bits per heavy atom. The van der Waals surface area contributed by atoms with Crippen LogP contribution in [0.25, 0.3) is 0 Å². The van der Waals surface area contributed by atoms with Crippen molar-refractivity contribution in [3.63, 3.8) is 0 Å². The van der Waals surface area contributed by atoms with E-state index in [9.17, 15) is 14.7 Å². The van der Waals surface area contributed by atoms with Crippen LogP contribution in [0, 0.1) is 0 Å². The highest BCUT2D eigenvalue weighted by Crippen LogP contribution is 2.17. The number of pyridine rings is 1. The molecule has 2 rings (SSSR count). The maximum atomic E-state index is 11.8. The van der Waals surface area contributed by atoms with Gasteiger partial charge in [0.1, 0.15) is 0 Å². The summed E-state index contributed by atoms with van der Waals surface area (Å²) < 4.78 is 0.776. The van der Waals surface area contributed by atoms with Crippen molar-refractivity contribution in [2.45, 2.75) is 0 Å². The first-order valence-electron chi connectivity index (χ1n) is 6.04. The second-order valence-electron chi connectivity index (χ2n) is 4.11. The Hall–Kier alpha value is -2.41. The minimum absolute atomic E-state index is 0.0548. The molecular weight excluding hydrogens is 338 g/mol. The van der Waals surface area contributed by atoms with E-state index >= 15 is 0 Å². The van der Waals surface area contributed by atoms with E-state index in [1.807, 2.05) is 0 Å². The van der Waals surface area contributed by atoms with Crippen molar-refractivity contribution < 1.29 is 14.7 Å². The molecule has 0 fully saturated rings. The van der Waals surface area contributed by atoms with Gasteiger partial charge in [0.2, 0.25) is 5.91 Å². The molecule has 1 heterocycles. The van der Waals surface area contributed by atoms with E-state index in [4.69, 9.17) is 0 Å². The summed E-state index contributed by atoms with van der Waals surface area (Å²) in [6.45, 7) is -0.221. The molecule has 0 radical (unpaired) electrons. The maximum absolute atomic E-state index is 11.8. The summed E-state index contributed by atoms with van der Waals surface area (Å²) in [6.07, 6.45) is 1.44. The molecule has 7 heteroatoms. The SMILES string of the molecule is O=C(CNC(=O)c1cccc(Br)c1)Nc1ncccc1O. The molecule has 0 aliphatic heterocycles. The fourth-order valence-corrected chi connectivity index (χ4v) is 1.96. The number of aromatic nitrogens is 1. The number of hydrogen-bond acceptors (Lipinski definition) is 4. The Balaban J connectivity index is 1.90.